The fraction of sp³-hybridized carbons (Fsp3) is 0.600. The SMILES string of the molecule is Cc1cn([C@H]2CC[C@@H](CO)O2)c(=O)[nH]c1=O.O=P(O)(O)O.O=P(O)(O)O. The Morgan fingerprint density at radius 1 is 1.12 bits per heavy atom. The average Bonchev–Trinajstić information content (AvgIpc) is 2.87. The topological polar surface area (TPSA) is 240 Å². The van der Waals surface area contributed by atoms with Crippen LogP contribution in [0.1, 0.15) is 24.6 Å². The van der Waals surface area contributed by atoms with Crippen LogP contribution in [0.3, 0.4) is 0 Å². The van der Waals surface area contributed by atoms with Gasteiger partial charge in [-0.15, -0.1) is 0 Å². The molecule has 1 fully saturated rings. The molecule has 0 unspecified atom stereocenters. The molecule has 2 rings (SSSR count). The summed E-state index contributed by atoms with van der Waals surface area (Å²) in [5.74, 6) is 0. The van der Waals surface area contributed by atoms with E-state index in [1.54, 1.807) is 6.92 Å². The first-order valence-corrected chi connectivity index (χ1v) is 9.89. The minimum Gasteiger partial charge on any atom is -0.394 e. The van der Waals surface area contributed by atoms with E-state index in [0.717, 1.165) is 0 Å². The molecule has 1 saturated heterocycles. The molecule has 0 aliphatic carbocycles. The Morgan fingerprint density at radius 2 is 1.58 bits per heavy atom. The van der Waals surface area contributed by atoms with Gasteiger partial charge in [-0.2, -0.15) is 0 Å². The number of H-pyrrole nitrogens is 1. The summed E-state index contributed by atoms with van der Waals surface area (Å²) >= 11 is 0. The summed E-state index contributed by atoms with van der Waals surface area (Å²) in [5.41, 5.74) is -0.382. The number of aliphatic hydroxyl groups is 1. The zero-order valence-corrected chi connectivity index (χ0v) is 15.2. The van der Waals surface area contributed by atoms with E-state index in [2.05, 4.69) is 4.98 Å². The Balaban J connectivity index is 0.000000520. The standard InChI is InChI=1S/C10H14N2O4.2H3O4P/c1-6-4-12(10(15)11-9(6)14)8-3-2-7(5-13)16-8;2*1-5(2,3)4/h4,7-8,13H,2-3,5H2,1H3,(H,11,14,15);2*(H3,1,2,3,4)/t7-,8+;;/m0../s1. The normalized spacial score (nSPS) is 19.8. The number of hydrogen-bond donors (Lipinski definition) is 8. The van der Waals surface area contributed by atoms with Crippen LogP contribution >= 0.6 is 15.6 Å². The molecular formula is C10H20N2O12P2. The first kappa shape index (κ1) is 24.8. The van der Waals surface area contributed by atoms with Crippen LogP contribution in [-0.4, -0.2) is 56.7 Å². The van der Waals surface area contributed by atoms with Crippen molar-refractivity contribution in [2.75, 3.05) is 6.61 Å². The predicted molar refractivity (Wildman–Crippen MR) is 84.8 cm³/mol. The Labute approximate surface area is 145 Å². The Hall–Kier alpha value is -1.18. The van der Waals surface area contributed by atoms with Gasteiger partial charge in [-0.05, 0) is 19.8 Å². The second-order valence-corrected chi connectivity index (χ2v) is 7.03. The molecule has 14 nitrogen and oxygen atoms in total. The molecule has 152 valence electrons. The zero-order chi connectivity index (χ0) is 20.7. The van der Waals surface area contributed by atoms with Gasteiger partial charge in [0.15, 0.2) is 0 Å². The number of nitrogens with zero attached hydrogens (tertiary/aromatic N) is 1. The Morgan fingerprint density at radius 3 is 1.96 bits per heavy atom. The quantitative estimate of drug-likeness (QED) is 0.234. The van der Waals surface area contributed by atoms with E-state index in [9.17, 15) is 9.59 Å². The predicted octanol–water partition coefficient (Wildman–Crippen LogP) is -2.34. The number of phosphoric acid groups is 2. The molecule has 0 bridgehead atoms. The first-order valence-electron chi connectivity index (χ1n) is 6.76. The van der Waals surface area contributed by atoms with Crippen molar-refractivity contribution in [1.82, 2.24) is 9.55 Å². The van der Waals surface area contributed by atoms with E-state index in [-0.39, 0.29) is 24.5 Å². The van der Waals surface area contributed by atoms with Crippen molar-refractivity contribution in [3.63, 3.8) is 0 Å². The second-order valence-electron chi connectivity index (χ2n) is 4.98. The minimum atomic E-state index is -4.64. The number of rotatable bonds is 2. The Kier molecular flexibility index (Phi) is 9.77. The fourth-order valence-corrected chi connectivity index (χ4v) is 1.83. The largest absolute Gasteiger partial charge is 0.466 e. The van der Waals surface area contributed by atoms with Gasteiger partial charge in [-0.1, -0.05) is 0 Å². The lowest BCUT2D eigenvalue weighted by atomic mass is 10.2. The van der Waals surface area contributed by atoms with Crippen molar-refractivity contribution < 1.29 is 48.3 Å². The lowest BCUT2D eigenvalue weighted by Gasteiger charge is -2.14. The third kappa shape index (κ3) is 12.2. The summed E-state index contributed by atoms with van der Waals surface area (Å²) in [4.78, 5) is 68.1. The highest BCUT2D eigenvalue weighted by Gasteiger charge is 2.26. The summed E-state index contributed by atoms with van der Waals surface area (Å²) < 4.78 is 24.6. The third-order valence-corrected chi connectivity index (χ3v) is 2.74. The van der Waals surface area contributed by atoms with Crippen molar-refractivity contribution in [3.05, 3.63) is 32.6 Å². The fourth-order valence-electron chi connectivity index (χ4n) is 1.83. The highest BCUT2D eigenvalue weighted by Crippen LogP contribution is 2.27. The summed E-state index contributed by atoms with van der Waals surface area (Å²) in [6.07, 6.45) is 2.26. The van der Waals surface area contributed by atoms with Crippen LogP contribution in [0.4, 0.5) is 0 Å². The van der Waals surface area contributed by atoms with Crippen molar-refractivity contribution in [2.45, 2.75) is 32.1 Å². The highest BCUT2D eigenvalue weighted by molar-refractivity contribution is 7.45. The number of aliphatic hydroxyl groups excluding tert-OH is 1. The summed E-state index contributed by atoms with van der Waals surface area (Å²) in [6, 6.07) is 0. The van der Waals surface area contributed by atoms with Crippen LogP contribution in [0.25, 0.3) is 0 Å². The van der Waals surface area contributed by atoms with Crippen LogP contribution in [0.2, 0.25) is 0 Å². The average molecular weight is 422 g/mol. The molecule has 0 spiro atoms. The molecule has 2 heterocycles. The van der Waals surface area contributed by atoms with Crippen LogP contribution in [0, 0.1) is 6.92 Å². The number of hydrogen-bond acceptors (Lipinski definition) is 6. The van der Waals surface area contributed by atoms with E-state index >= 15 is 0 Å². The maximum absolute atomic E-state index is 11.5. The lowest BCUT2D eigenvalue weighted by Crippen LogP contribution is -2.33. The Bertz CT molecular complexity index is 740. The maximum atomic E-state index is 11.5. The summed E-state index contributed by atoms with van der Waals surface area (Å²) in [5, 5.41) is 8.93. The molecule has 8 N–H and O–H groups in total. The summed E-state index contributed by atoms with van der Waals surface area (Å²) in [7, 11) is -9.28. The number of aromatic nitrogens is 2. The molecule has 16 heteroatoms. The van der Waals surface area contributed by atoms with Crippen LogP contribution in [0.15, 0.2) is 15.8 Å². The van der Waals surface area contributed by atoms with Crippen LogP contribution in [0.5, 0.6) is 0 Å². The van der Waals surface area contributed by atoms with Gasteiger partial charge in [-0.25, -0.2) is 13.9 Å². The highest BCUT2D eigenvalue weighted by atomic mass is 31.2. The molecule has 0 amide bonds. The van der Waals surface area contributed by atoms with Crippen LogP contribution < -0.4 is 11.2 Å². The van der Waals surface area contributed by atoms with Gasteiger partial charge >= 0.3 is 21.3 Å². The molecule has 26 heavy (non-hydrogen) atoms. The molecule has 1 aromatic rings. The molecule has 2 atom stereocenters. The van der Waals surface area contributed by atoms with Crippen LogP contribution in [-0.2, 0) is 13.9 Å². The smallest absolute Gasteiger partial charge is 0.394 e. The van der Waals surface area contributed by atoms with Gasteiger partial charge in [-0.3, -0.25) is 14.3 Å². The monoisotopic (exact) mass is 422 g/mol. The van der Waals surface area contributed by atoms with Gasteiger partial charge in [0.1, 0.15) is 6.23 Å². The van der Waals surface area contributed by atoms with Gasteiger partial charge in [0.25, 0.3) is 5.56 Å². The van der Waals surface area contributed by atoms with Crippen molar-refractivity contribution in [2.24, 2.45) is 0 Å². The molecule has 1 aromatic heterocycles. The van der Waals surface area contributed by atoms with Gasteiger partial charge in [0, 0.05) is 11.8 Å². The van der Waals surface area contributed by atoms with Crippen molar-refractivity contribution in [3.8, 4) is 0 Å². The molecule has 0 saturated carbocycles. The molecular weight excluding hydrogens is 402 g/mol. The van der Waals surface area contributed by atoms with Gasteiger partial charge in [0.2, 0.25) is 0 Å². The molecule has 1 aliphatic heterocycles. The van der Waals surface area contributed by atoms with E-state index in [1.807, 2.05) is 0 Å². The number of nitrogens with one attached hydrogen (secondary N) is 1. The van der Waals surface area contributed by atoms with E-state index in [1.165, 1.54) is 10.8 Å². The summed E-state index contributed by atoms with van der Waals surface area (Å²) in [6.45, 7) is 1.58. The number of aryl methyl sites for hydroxylation is 1. The maximum Gasteiger partial charge on any atom is 0.466 e. The van der Waals surface area contributed by atoms with E-state index in [0.29, 0.717) is 18.4 Å². The number of aromatic amines is 1. The van der Waals surface area contributed by atoms with Gasteiger partial charge in [0.05, 0.1) is 12.7 Å². The van der Waals surface area contributed by atoms with Gasteiger partial charge < -0.3 is 39.2 Å². The molecule has 0 radical (unpaired) electrons. The lowest BCUT2D eigenvalue weighted by molar-refractivity contribution is -0.0247. The van der Waals surface area contributed by atoms with E-state index in [4.69, 9.17) is 48.3 Å². The number of ether oxygens (including phenoxy) is 1. The van der Waals surface area contributed by atoms with E-state index < -0.39 is 21.3 Å². The molecule has 1 aliphatic rings. The second kappa shape index (κ2) is 10.2. The minimum absolute atomic E-state index is 0.0480. The zero-order valence-electron chi connectivity index (χ0n) is 13.4. The molecule has 0 aromatic carbocycles. The third-order valence-electron chi connectivity index (χ3n) is 2.74. The van der Waals surface area contributed by atoms with Crippen molar-refractivity contribution in [1.29, 1.82) is 0 Å². The van der Waals surface area contributed by atoms with Crippen molar-refractivity contribution >= 4 is 15.6 Å². The first-order chi connectivity index (χ1) is 11.6.